The maximum absolute atomic E-state index is 9.08. The minimum Gasteiger partial charge on any atom is -0.361 e. The van der Waals surface area contributed by atoms with Gasteiger partial charge in [0, 0.05) is 6.20 Å². The van der Waals surface area contributed by atoms with Crippen molar-refractivity contribution in [1.82, 2.24) is 4.98 Å². The Hall–Kier alpha value is -1.75. The van der Waals surface area contributed by atoms with E-state index in [0.29, 0.717) is 0 Å². The zero-order valence-electron chi connectivity index (χ0n) is 8.33. The summed E-state index contributed by atoms with van der Waals surface area (Å²) in [6.45, 7) is 3.87. The van der Waals surface area contributed by atoms with E-state index in [1.807, 2.05) is 44.3 Å². The minimum absolute atomic E-state index is 0.440. The quantitative estimate of drug-likeness (QED) is 0.727. The number of benzene rings is 1. The summed E-state index contributed by atoms with van der Waals surface area (Å²) >= 11 is 0. The van der Waals surface area contributed by atoms with E-state index in [1.165, 1.54) is 0 Å². The standard InChI is InChI=1S/C12H12N2/c1-12(2,8-13)10-5-3-4-9-6-7-14-11(9)10/h3-7,14H,1-2H3. The monoisotopic (exact) mass is 184 g/mol. The first-order valence-corrected chi connectivity index (χ1v) is 4.63. The van der Waals surface area contributed by atoms with E-state index in [4.69, 9.17) is 5.26 Å². The van der Waals surface area contributed by atoms with Crippen LogP contribution in [0.15, 0.2) is 30.5 Å². The first-order valence-electron chi connectivity index (χ1n) is 4.63. The van der Waals surface area contributed by atoms with Crippen LogP contribution in [-0.2, 0) is 5.41 Å². The number of hydrogen-bond donors (Lipinski definition) is 1. The summed E-state index contributed by atoms with van der Waals surface area (Å²) in [5.41, 5.74) is 1.69. The second-order valence-electron chi connectivity index (χ2n) is 3.98. The van der Waals surface area contributed by atoms with Crippen molar-refractivity contribution in [2.24, 2.45) is 0 Å². The van der Waals surface area contributed by atoms with Crippen LogP contribution in [0.25, 0.3) is 10.9 Å². The first-order chi connectivity index (χ1) is 6.65. The Kier molecular flexibility index (Phi) is 1.82. The molecule has 0 aliphatic carbocycles. The molecule has 70 valence electrons. The molecule has 1 N–H and O–H groups in total. The van der Waals surface area contributed by atoms with Gasteiger partial charge in [-0.2, -0.15) is 5.26 Å². The second-order valence-corrected chi connectivity index (χ2v) is 3.98. The number of aromatic amines is 1. The van der Waals surface area contributed by atoms with Crippen LogP contribution in [0.1, 0.15) is 19.4 Å². The molecule has 0 radical (unpaired) electrons. The number of nitriles is 1. The lowest BCUT2D eigenvalue weighted by atomic mass is 9.85. The van der Waals surface area contributed by atoms with E-state index in [2.05, 4.69) is 11.1 Å². The molecule has 0 bridgehead atoms. The smallest absolute Gasteiger partial charge is 0.0786 e. The van der Waals surface area contributed by atoms with Crippen molar-refractivity contribution in [3.63, 3.8) is 0 Å². The summed E-state index contributed by atoms with van der Waals surface area (Å²) in [7, 11) is 0. The van der Waals surface area contributed by atoms with Gasteiger partial charge in [-0.1, -0.05) is 18.2 Å². The third-order valence-electron chi connectivity index (χ3n) is 2.54. The largest absolute Gasteiger partial charge is 0.361 e. The molecule has 0 saturated carbocycles. The lowest BCUT2D eigenvalue weighted by Gasteiger charge is -2.16. The van der Waals surface area contributed by atoms with Gasteiger partial charge in [0.1, 0.15) is 0 Å². The highest BCUT2D eigenvalue weighted by molar-refractivity contribution is 5.83. The van der Waals surface area contributed by atoms with Crippen molar-refractivity contribution in [3.05, 3.63) is 36.0 Å². The Morgan fingerprint density at radius 3 is 2.79 bits per heavy atom. The van der Waals surface area contributed by atoms with Crippen LogP contribution in [0, 0.1) is 11.3 Å². The Balaban J connectivity index is 2.75. The summed E-state index contributed by atoms with van der Waals surface area (Å²) in [6, 6.07) is 10.4. The highest BCUT2D eigenvalue weighted by Crippen LogP contribution is 2.28. The minimum atomic E-state index is -0.440. The van der Waals surface area contributed by atoms with Crippen LogP contribution < -0.4 is 0 Å². The van der Waals surface area contributed by atoms with Crippen molar-refractivity contribution in [2.45, 2.75) is 19.3 Å². The van der Waals surface area contributed by atoms with E-state index in [-0.39, 0.29) is 0 Å². The number of H-pyrrole nitrogens is 1. The van der Waals surface area contributed by atoms with Gasteiger partial charge in [0.15, 0.2) is 0 Å². The molecule has 0 aliphatic heterocycles. The van der Waals surface area contributed by atoms with Gasteiger partial charge in [0.2, 0.25) is 0 Å². The summed E-state index contributed by atoms with van der Waals surface area (Å²) < 4.78 is 0. The van der Waals surface area contributed by atoms with Crippen LogP contribution >= 0.6 is 0 Å². The van der Waals surface area contributed by atoms with Crippen molar-refractivity contribution >= 4 is 10.9 Å². The molecular weight excluding hydrogens is 172 g/mol. The first kappa shape index (κ1) is 8.83. The predicted octanol–water partition coefficient (Wildman–Crippen LogP) is 2.97. The molecule has 0 aliphatic rings. The summed E-state index contributed by atoms with van der Waals surface area (Å²) in [4.78, 5) is 3.18. The van der Waals surface area contributed by atoms with Gasteiger partial charge in [-0.15, -0.1) is 0 Å². The lowest BCUT2D eigenvalue weighted by molar-refractivity contribution is 0.692. The maximum atomic E-state index is 9.08. The molecule has 2 nitrogen and oxygen atoms in total. The zero-order chi connectivity index (χ0) is 10.2. The van der Waals surface area contributed by atoms with Gasteiger partial charge in [0.25, 0.3) is 0 Å². The molecule has 0 unspecified atom stereocenters. The Labute approximate surface area is 83.2 Å². The van der Waals surface area contributed by atoms with Gasteiger partial charge in [-0.3, -0.25) is 0 Å². The number of hydrogen-bond acceptors (Lipinski definition) is 1. The van der Waals surface area contributed by atoms with E-state index in [9.17, 15) is 0 Å². The molecule has 0 amide bonds. The highest BCUT2D eigenvalue weighted by atomic mass is 14.7. The van der Waals surface area contributed by atoms with Crippen LogP contribution in [0.4, 0.5) is 0 Å². The van der Waals surface area contributed by atoms with E-state index >= 15 is 0 Å². The van der Waals surface area contributed by atoms with Crippen molar-refractivity contribution in [3.8, 4) is 6.07 Å². The molecule has 1 aromatic heterocycles. The average Bonchev–Trinajstić information content (AvgIpc) is 2.64. The number of rotatable bonds is 1. The van der Waals surface area contributed by atoms with Crippen LogP contribution in [-0.4, -0.2) is 4.98 Å². The summed E-state index contributed by atoms with van der Waals surface area (Å²) in [5.74, 6) is 0. The van der Waals surface area contributed by atoms with Crippen LogP contribution in [0.3, 0.4) is 0 Å². The topological polar surface area (TPSA) is 39.6 Å². The number of fused-ring (bicyclic) bond motifs is 1. The number of aromatic nitrogens is 1. The molecule has 1 heterocycles. The van der Waals surface area contributed by atoms with E-state index in [1.54, 1.807) is 0 Å². The molecule has 2 rings (SSSR count). The van der Waals surface area contributed by atoms with Crippen molar-refractivity contribution < 1.29 is 0 Å². The fourth-order valence-electron chi connectivity index (χ4n) is 1.67. The summed E-state index contributed by atoms with van der Waals surface area (Å²) in [5, 5.41) is 10.2. The normalized spacial score (nSPS) is 11.5. The Morgan fingerprint density at radius 2 is 2.07 bits per heavy atom. The van der Waals surface area contributed by atoms with E-state index < -0.39 is 5.41 Å². The fraction of sp³-hybridized carbons (Fsp3) is 0.250. The Bertz CT molecular complexity index is 500. The molecular formula is C12H12N2. The zero-order valence-corrected chi connectivity index (χ0v) is 8.33. The number of para-hydroxylation sites is 1. The number of nitrogens with zero attached hydrogens (tertiary/aromatic N) is 1. The highest BCUT2D eigenvalue weighted by Gasteiger charge is 2.22. The Morgan fingerprint density at radius 1 is 1.29 bits per heavy atom. The molecule has 1 aromatic carbocycles. The maximum Gasteiger partial charge on any atom is 0.0786 e. The van der Waals surface area contributed by atoms with Crippen molar-refractivity contribution in [2.75, 3.05) is 0 Å². The predicted molar refractivity (Wildman–Crippen MR) is 56.9 cm³/mol. The third kappa shape index (κ3) is 1.18. The fourth-order valence-corrected chi connectivity index (χ4v) is 1.67. The van der Waals surface area contributed by atoms with Crippen LogP contribution in [0.2, 0.25) is 0 Å². The van der Waals surface area contributed by atoms with Gasteiger partial charge >= 0.3 is 0 Å². The molecule has 0 atom stereocenters. The van der Waals surface area contributed by atoms with Gasteiger partial charge in [0.05, 0.1) is 17.0 Å². The summed E-state index contributed by atoms with van der Waals surface area (Å²) in [6.07, 6.45) is 1.90. The van der Waals surface area contributed by atoms with Gasteiger partial charge in [-0.05, 0) is 30.9 Å². The van der Waals surface area contributed by atoms with E-state index in [0.717, 1.165) is 16.5 Å². The molecule has 2 aromatic rings. The van der Waals surface area contributed by atoms with Gasteiger partial charge < -0.3 is 4.98 Å². The van der Waals surface area contributed by atoms with Crippen LogP contribution in [0.5, 0.6) is 0 Å². The number of nitrogens with one attached hydrogen (secondary N) is 1. The van der Waals surface area contributed by atoms with Gasteiger partial charge in [-0.25, -0.2) is 0 Å². The molecule has 14 heavy (non-hydrogen) atoms. The molecule has 2 heteroatoms. The SMILES string of the molecule is CC(C)(C#N)c1cccc2cc[nH]c12. The lowest BCUT2D eigenvalue weighted by Crippen LogP contribution is -2.14. The molecule has 0 spiro atoms. The van der Waals surface area contributed by atoms with Crippen molar-refractivity contribution in [1.29, 1.82) is 5.26 Å². The third-order valence-corrected chi connectivity index (χ3v) is 2.54. The molecule has 0 saturated heterocycles. The average molecular weight is 184 g/mol. The molecule has 0 fully saturated rings. The second kappa shape index (κ2) is 2.88.